The van der Waals surface area contributed by atoms with E-state index in [1.807, 2.05) is 78.9 Å². The molecule has 4 aromatic rings. The second kappa shape index (κ2) is 12.2. The lowest BCUT2D eigenvalue weighted by Crippen LogP contribution is -2.40. The van der Waals surface area contributed by atoms with Crippen molar-refractivity contribution in [3.8, 4) is 11.5 Å². The Hall–Kier alpha value is -3.49. The number of nitrogens with zero attached hydrogens (tertiary/aromatic N) is 1. The van der Waals surface area contributed by atoms with Gasteiger partial charge in [0.25, 0.3) is 5.56 Å². The van der Waals surface area contributed by atoms with Gasteiger partial charge in [-0.3, -0.25) is 14.3 Å². The number of ether oxygens (including phenoxy) is 4. The molecule has 0 radical (unpaired) electrons. The number of aliphatic hydroxyl groups excluding tert-OH is 2. The second-order valence-corrected chi connectivity index (χ2v) is 10.7. The topological polar surface area (TPSA) is 132 Å². The maximum Gasteiger partial charge on any atom is 0.330 e. The van der Waals surface area contributed by atoms with E-state index in [1.165, 1.54) is 6.20 Å². The standard InChI is InChI=1S/C30H29IN2O8/c1-38-21-12-8-19(9-13-21)30(18-6-4-3-5-7-18,20-10-14-22(39-2)15-11-20)40-17-24-25(34)26(35)28(41-24)33-16-23(31)27(36)32-29(33)37/h3-16,24-26,28,34-35H,17H2,1-2H3,(H,32,36,37). The van der Waals surface area contributed by atoms with Crippen LogP contribution in [0.15, 0.2) is 94.6 Å². The summed E-state index contributed by atoms with van der Waals surface area (Å²) in [5.41, 5.74) is -0.104. The molecule has 10 nitrogen and oxygen atoms in total. The van der Waals surface area contributed by atoms with Gasteiger partial charge in [0, 0.05) is 6.20 Å². The molecular formula is C30H29IN2O8. The SMILES string of the molecule is COc1ccc(C(OCC2OC(n3cc(I)c(=O)[nH]c3=O)C(O)C2O)(c2ccccc2)c2ccc(OC)cc2)cc1. The number of hydrogen-bond donors (Lipinski definition) is 3. The Labute approximate surface area is 249 Å². The number of benzene rings is 3. The lowest BCUT2D eigenvalue weighted by atomic mass is 9.80. The van der Waals surface area contributed by atoms with E-state index in [9.17, 15) is 19.8 Å². The zero-order chi connectivity index (χ0) is 29.1. The molecule has 1 aliphatic heterocycles. The van der Waals surface area contributed by atoms with E-state index in [4.69, 9.17) is 18.9 Å². The van der Waals surface area contributed by atoms with Crippen LogP contribution in [0.3, 0.4) is 0 Å². The van der Waals surface area contributed by atoms with Crippen molar-refractivity contribution >= 4 is 22.6 Å². The molecule has 41 heavy (non-hydrogen) atoms. The monoisotopic (exact) mass is 672 g/mol. The molecule has 5 rings (SSSR count). The molecule has 0 bridgehead atoms. The number of methoxy groups -OCH3 is 2. The fraction of sp³-hybridized carbons (Fsp3) is 0.267. The minimum absolute atomic E-state index is 0.156. The number of aromatic amines is 1. The first kappa shape index (κ1) is 29.0. The number of rotatable bonds is 9. The van der Waals surface area contributed by atoms with E-state index in [2.05, 4.69) is 4.98 Å². The number of nitrogens with one attached hydrogen (secondary N) is 1. The molecule has 1 fully saturated rings. The number of H-pyrrole nitrogens is 1. The molecule has 1 saturated heterocycles. The van der Waals surface area contributed by atoms with Gasteiger partial charge in [0.15, 0.2) is 6.23 Å². The van der Waals surface area contributed by atoms with Gasteiger partial charge in [0.1, 0.15) is 35.4 Å². The number of aliphatic hydroxyl groups is 2. The molecule has 0 amide bonds. The van der Waals surface area contributed by atoms with Gasteiger partial charge in [-0.15, -0.1) is 0 Å². The van der Waals surface area contributed by atoms with Crippen molar-refractivity contribution < 1.29 is 29.2 Å². The van der Waals surface area contributed by atoms with Crippen molar-refractivity contribution in [3.05, 3.63) is 126 Å². The van der Waals surface area contributed by atoms with Crippen molar-refractivity contribution in [3.63, 3.8) is 0 Å². The number of hydrogen-bond acceptors (Lipinski definition) is 8. The largest absolute Gasteiger partial charge is 0.497 e. The van der Waals surface area contributed by atoms with E-state index < -0.39 is 41.4 Å². The first-order chi connectivity index (χ1) is 19.8. The summed E-state index contributed by atoms with van der Waals surface area (Å²) in [6.07, 6.45) is -3.78. The zero-order valence-corrected chi connectivity index (χ0v) is 24.4. The molecule has 4 atom stereocenters. The Morgan fingerprint density at radius 2 is 1.39 bits per heavy atom. The molecule has 3 aromatic carbocycles. The van der Waals surface area contributed by atoms with Gasteiger partial charge < -0.3 is 29.2 Å². The summed E-state index contributed by atoms with van der Waals surface area (Å²) in [5, 5.41) is 21.8. The highest BCUT2D eigenvalue weighted by atomic mass is 127. The summed E-state index contributed by atoms with van der Waals surface area (Å²) in [5.74, 6) is 1.35. The maximum atomic E-state index is 12.5. The summed E-state index contributed by atoms with van der Waals surface area (Å²) < 4.78 is 24.8. The van der Waals surface area contributed by atoms with Crippen LogP contribution < -0.4 is 20.7 Å². The average Bonchev–Trinajstić information content (AvgIpc) is 3.29. The Balaban J connectivity index is 1.56. The number of aromatic nitrogens is 2. The number of halogens is 1. The quantitative estimate of drug-likeness (QED) is 0.183. The lowest BCUT2D eigenvalue weighted by molar-refractivity contribution is -0.0959. The van der Waals surface area contributed by atoms with Crippen molar-refractivity contribution in [1.82, 2.24) is 9.55 Å². The molecule has 1 aliphatic rings. The van der Waals surface area contributed by atoms with Crippen LogP contribution in [0.1, 0.15) is 22.9 Å². The molecule has 0 saturated carbocycles. The third-order valence-electron chi connectivity index (χ3n) is 7.17. The van der Waals surface area contributed by atoms with E-state index in [0.29, 0.717) is 11.5 Å². The first-order valence-corrected chi connectivity index (χ1v) is 13.9. The minimum Gasteiger partial charge on any atom is -0.497 e. The molecule has 1 aromatic heterocycles. The van der Waals surface area contributed by atoms with Crippen molar-refractivity contribution in [2.75, 3.05) is 20.8 Å². The molecule has 3 N–H and O–H groups in total. The van der Waals surface area contributed by atoms with E-state index in [1.54, 1.807) is 36.8 Å². The van der Waals surface area contributed by atoms with Crippen LogP contribution >= 0.6 is 22.6 Å². The van der Waals surface area contributed by atoms with Gasteiger partial charge >= 0.3 is 5.69 Å². The van der Waals surface area contributed by atoms with Crippen molar-refractivity contribution in [1.29, 1.82) is 0 Å². The summed E-state index contributed by atoms with van der Waals surface area (Å²) in [6.45, 7) is -0.156. The summed E-state index contributed by atoms with van der Waals surface area (Å²) >= 11 is 1.78. The van der Waals surface area contributed by atoms with Crippen LogP contribution in [0.4, 0.5) is 0 Å². The highest BCUT2D eigenvalue weighted by molar-refractivity contribution is 14.1. The lowest BCUT2D eigenvalue weighted by Gasteiger charge is -2.37. The fourth-order valence-corrected chi connectivity index (χ4v) is 5.46. The summed E-state index contributed by atoms with van der Waals surface area (Å²) in [4.78, 5) is 26.5. The van der Waals surface area contributed by atoms with Crippen LogP contribution in [0.2, 0.25) is 0 Å². The van der Waals surface area contributed by atoms with Gasteiger partial charge in [-0.2, -0.15) is 0 Å². The highest BCUT2D eigenvalue weighted by Gasteiger charge is 2.46. The minimum atomic E-state index is -1.45. The molecule has 2 heterocycles. The van der Waals surface area contributed by atoms with Gasteiger partial charge in [0.05, 0.1) is 24.4 Å². The van der Waals surface area contributed by atoms with Crippen LogP contribution in [0.5, 0.6) is 11.5 Å². The smallest absolute Gasteiger partial charge is 0.330 e. The van der Waals surface area contributed by atoms with Gasteiger partial charge in [-0.1, -0.05) is 54.6 Å². The first-order valence-electron chi connectivity index (χ1n) is 12.8. The highest BCUT2D eigenvalue weighted by Crippen LogP contribution is 2.42. The summed E-state index contributed by atoms with van der Waals surface area (Å²) in [6, 6.07) is 24.6. The van der Waals surface area contributed by atoms with Gasteiger partial charge in [-0.25, -0.2) is 4.79 Å². The second-order valence-electron chi connectivity index (χ2n) is 9.51. The Morgan fingerprint density at radius 3 is 1.93 bits per heavy atom. The molecular weight excluding hydrogens is 643 g/mol. The molecule has 11 heteroatoms. The van der Waals surface area contributed by atoms with Crippen LogP contribution in [-0.2, 0) is 15.1 Å². The Kier molecular flexibility index (Phi) is 8.61. The zero-order valence-electron chi connectivity index (χ0n) is 22.3. The molecule has 0 spiro atoms. The van der Waals surface area contributed by atoms with Gasteiger partial charge in [0.2, 0.25) is 0 Å². The van der Waals surface area contributed by atoms with Crippen LogP contribution in [0.25, 0.3) is 0 Å². The van der Waals surface area contributed by atoms with Crippen molar-refractivity contribution in [2.24, 2.45) is 0 Å². The third kappa shape index (κ3) is 5.55. The fourth-order valence-electron chi connectivity index (χ4n) is 5.03. The Morgan fingerprint density at radius 1 is 0.854 bits per heavy atom. The average molecular weight is 672 g/mol. The normalized spacial score (nSPS) is 20.6. The maximum absolute atomic E-state index is 12.5. The predicted octanol–water partition coefficient (Wildman–Crippen LogP) is 2.79. The third-order valence-corrected chi connectivity index (χ3v) is 7.94. The van der Waals surface area contributed by atoms with Crippen LogP contribution in [0, 0.1) is 3.57 Å². The predicted molar refractivity (Wildman–Crippen MR) is 158 cm³/mol. The molecule has 0 aliphatic carbocycles. The van der Waals surface area contributed by atoms with Gasteiger partial charge in [-0.05, 0) is 63.5 Å². The Bertz CT molecular complexity index is 1540. The van der Waals surface area contributed by atoms with E-state index in [0.717, 1.165) is 21.3 Å². The van der Waals surface area contributed by atoms with Crippen molar-refractivity contribution in [2.45, 2.75) is 30.1 Å². The summed E-state index contributed by atoms with van der Waals surface area (Å²) in [7, 11) is 3.18. The molecule has 214 valence electrons. The van der Waals surface area contributed by atoms with E-state index in [-0.39, 0.29) is 10.2 Å². The van der Waals surface area contributed by atoms with Crippen LogP contribution in [-0.4, -0.2) is 58.9 Å². The van der Waals surface area contributed by atoms with E-state index >= 15 is 0 Å². The molecule has 4 unspecified atom stereocenters.